The number of nitrogens with one attached hydrogen (secondary N) is 2. The summed E-state index contributed by atoms with van der Waals surface area (Å²) in [7, 11) is 0. The Hall–Kier alpha value is -2.08. The van der Waals surface area contributed by atoms with Crippen LogP contribution in [0.5, 0.6) is 5.75 Å². The molecular formula is C19H28N4OS. The van der Waals surface area contributed by atoms with E-state index in [1.54, 1.807) is 11.3 Å². The zero-order chi connectivity index (χ0) is 18.1. The molecule has 0 unspecified atom stereocenters. The first-order chi connectivity index (χ1) is 12.1. The van der Waals surface area contributed by atoms with Gasteiger partial charge >= 0.3 is 0 Å². The average molecular weight is 361 g/mol. The number of aliphatic imine (C=N–C) groups is 1. The normalized spacial score (nSPS) is 11.6. The van der Waals surface area contributed by atoms with E-state index in [2.05, 4.69) is 54.4 Å². The van der Waals surface area contributed by atoms with Gasteiger partial charge in [-0.2, -0.15) is 0 Å². The van der Waals surface area contributed by atoms with Crippen molar-refractivity contribution in [1.29, 1.82) is 0 Å². The minimum absolute atomic E-state index is 0.497. The Morgan fingerprint density at radius 2 is 2.08 bits per heavy atom. The third kappa shape index (κ3) is 6.74. The van der Waals surface area contributed by atoms with Crippen molar-refractivity contribution >= 4 is 17.3 Å². The van der Waals surface area contributed by atoms with E-state index in [1.807, 2.05) is 24.4 Å². The molecule has 0 aliphatic carbocycles. The molecule has 0 spiro atoms. The van der Waals surface area contributed by atoms with Crippen LogP contribution in [-0.4, -0.2) is 24.1 Å². The molecule has 0 bridgehead atoms. The van der Waals surface area contributed by atoms with Crippen LogP contribution in [0.3, 0.4) is 0 Å². The SMILES string of the molecule is CCNC(=NCc1ccccc1OCC(C)C)NCc1ncc(C)s1. The molecule has 2 rings (SSSR count). The molecule has 0 aliphatic heterocycles. The lowest BCUT2D eigenvalue weighted by Crippen LogP contribution is -2.36. The van der Waals surface area contributed by atoms with Crippen molar-refractivity contribution < 1.29 is 4.74 Å². The maximum absolute atomic E-state index is 5.90. The fourth-order valence-electron chi connectivity index (χ4n) is 2.18. The number of nitrogens with zero attached hydrogens (tertiary/aromatic N) is 2. The highest BCUT2D eigenvalue weighted by Gasteiger charge is 2.05. The van der Waals surface area contributed by atoms with Crippen LogP contribution in [0.1, 0.15) is 36.2 Å². The number of hydrogen-bond acceptors (Lipinski definition) is 4. The van der Waals surface area contributed by atoms with Crippen molar-refractivity contribution in [2.45, 2.75) is 40.8 Å². The van der Waals surface area contributed by atoms with Crippen LogP contribution in [-0.2, 0) is 13.1 Å². The number of aromatic nitrogens is 1. The number of hydrogen-bond donors (Lipinski definition) is 2. The molecule has 25 heavy (non-hydrogen) atoms. The van der Waals surface area contributed by atoms with Crippen molar-refractivity contribution in [3.63, 3.8) is 0 Å². The Labute approximate surface area is 154 Å². The van der Waals surface area contributed by atoms with Crippen LogP contribution in [0, 0.1) is 12.8 Å². The summed E-state index contributed by atoms with van der Waals surface area (Å²) in [6.07, 6.45) is 1.90. The van der Waals surface area contributed by atoms with Crippen molar-refractivity contribution in [1.82, 2.24) is 15.6 Å². The van der Waals surface area contributed by atoms with E-state index in [1.165, 1.54) is 4.88 Å². The highest BCUT2D eigenvalue weighted by molar-refractivity contribution is 7.11. The van der Waals surface area contributed by atoms with Crippen molar-refractivity contribution in [3.05, 3.63) is 45.9 Å². The molecule has 0 amide bonds. The van der Waals surface area contributed by atoms with Crippen LogP contribution < -0.4 is 15.4 Å². The lowest BCUT2D eigenvalue weighted by atomic mass is 10.2. The van der Waals surface area contributed by atoms with Crippen molar-refractivity contribution in [2.75, 3.05) is 13.2 Å². The molecule has 1 aromatic carbocycles. The zero-order valence-corrected chi connectivity index (χ0v) is 16.3. The monoisotopic (exact) mass is 360 g/mol. The maximum atomic E-state index is 5.90. The maximum Gasteiger partial charge on any atom is 0.191 e. The minimum Gasteiger partial charge on any atom is -0.493 e. The summed E-state index contributed by atoms with van der Waals surface area (Å²) in [5.41, 5.74) is 1.09. The number of guanidine groups is 1. The second-order valence-corrected chi connectivity index (χ2v) is 7.55. The lowest BCUT2D eigenvalue weighted by Gasteiger charge is -2.13. The zero-order valence-electron chi connectivity index (χ0n) is 15.5. The summed E-state index contributed by atoms with van der Waals surface area (Å²) >= 11 is 1.70. The summed E-state index contributed by atoms with van der Waals surface area (Å²) < 4.78 is 5.90. The Kier molecular flexibility index (Phi) is 7.73. The number of aryl methyl sites for hydroxylation is 1. The number of para-hydroxylation sites is 1. The molecule has 0 fully saturated rings. The number of ether oxygens (including phenoxy) is 1. The topological polar surface area (TPSA) is 58.5 Å². The molecule has 0 saturated carbocycles. The molecule has 2 aromatic rings. The molecule has 6 heteroatoms. The molecule has 5 nitrogen and oxygen atoms in total. The molecule has 136 valence electrons. The molecule has 0 radical (unpaired) electrons. The van der Waals surface area contributed by atoms with Crippen LogP contribution in [0.2, 0.25) is 0 Å². The van der Waals surface area contributed by atoms with Gasteiger partial charge in [-0.15, -0.1) is 11.3 Å². The van der Waals surface area contributed by atoms with Gasteiger partial charge in [-0.1, -0.05) is 32.0 Å². The van der Waals surface area contributed by atoms with E-state index in [-0.39, 0.29) is 0 Å². The Morgan fingerprint density at radius 1 is 1.28 bits per heavy atom. The van der Waals surface area contributed by atoms with Crippen molar-refractivity contribution in [2.24, 2.45) is 10.9 Å². The van der Waals surface area contributed by atoms with Crippen LogP contribution in [0.25, 0.3) is 0 Å². The van der Waals surface area contributed by atoms with E-state index in [9.17, 15) is 0 Å². The van der Waals surface area contributed by atoms with Crippen molar-refractivity contribution in [3.8, 4) is 5.75 Å². The summed E-state index contributed by atoms with van der Waals surface area (Å²) in [6.45, 7) is 11.2. The van der Waals surface area contributed by atoms with E-state index < -0.39 is 0 Å². The van der Waals surface area contributed by atoms with Gasteiger partial charge in [-0.05, 0) is 25.8 Å². The summed E-state index contributed by atoms with van der Waals surface area (Å²) in [4.78, 5) is 10.3. The summed E-state index contributed by atoms with van der Waals surface area (Å²) in [5.74, 6) is 2.19. The van der Waals surface area contributed by atoms with E-state index in [0.717, 1.165) is 28.8 Å². The predicted octanol–water partition coefficient (Wildman–Crippen LogP) is 3.74. The Balaban J connectivity index is 2.00. The quantitative estimate of drug-likeness (QED) is 0.556. The third-order valence-corrected chi connectivity index (χ3v) is 4.29. The van der Waals surface area contributed by atoms with E-state index >= 15 is 0 Å². The second kappa shape index (κ2) is 10.0. The first kappa shape index (κ1) is 19.2. The number of thiazole rings is 1. The fraction of sp³-hybridized carbons (Fsp3) is 0.474. The van der Waals surface area contributed by atoms with Crippen LogP contribution >= 0.6 is 11.3 Å². The molecule has 0 aliphatic rings. The largest absolute Gasteiger partial charge is 0.493 e. The summed E-state index contributed by atoms with van der Waals surface area (Å²) in [5, 5.41) is 7.67. The summed E-state index contributed by atoms with van der Waals surface area (Å²) in [6, 6.07) is 8.09. The van der Waals surface area contributed by atoms with Crippen LogP contribution in [0.4, 0.5) is 0 Å². The highest BCUT2D eigenvalue weighted by atomic mass is 32.1. The first-order valence-corrected chi connectivity index (χ1v) is 9.54. The van der Waals surface area contributed by atoms with Gasteiger partial charge in [0.05, 0.1) is 19.7 Å². The van der Waals surface area contributed by atoms with Gasteiger partial charge in [0.2, 0.25) is 0 Å². The first-order valence-electron chi connectivity index (χ1n) is 8.72. The van der Waals surface area contributed by atoms with Gasteiger partial charge in [0.15, 0.2) is 5.96 Å². The number of rotatable bonds is 8. The van der Waals surface area contributed by atoms with Gasteiger partial charge in [-0.3, -0.25) is 0 Å². The third-order valence-electron chi connectivity index (χ3n) is 3.37. The molecule has 0 saturated heterocycles. The van der Waals surface area contributed by atoms with Gasteiger partial charge in [-0.25, -0.2) is 9.98 Å². The molecule has 1 heterocycles. The predicted molar refractivity (Wildman–Crippen MR) is 105 cm³/mol. The van der Waals surface area contributed by atoms with E-state index in [0.29, 0.717) is 25.6 Å². The highest BCUT2D eigenvalue weighted by Crippen LogP contribution is 2.19. The smallest absolute Gasteiger partial charge is 0.191 e. The molecular weight excluding hydrogens is 332 g/mol. The molecule has 0 atom stereocenters. The molecule has 2 N–H and O–H groups in total. The van der Waals surface area contributed by atoms with Crippen LogP contribution in [0.15, 0.2) is 35.5 Å². The average Bonchev–Trinajstić information content (AvgIpc) is 3.01. The van der Waals surface area contributed by atoms with Gasteiger partial charge in [0.25, 0.3) is 0 Å². The number of benzene rings is 1. The van der Waals surface area contributed by atoms with Gasteiger partial charge < -0.3 is 15.4 Å². The Morgan fingerprint density at radius 3 is 2.76 bits per heavy atom. The fourth-order valence-corrected chi connectivity index (χ4v) is 2.91. The second-order valence-electron chi connectivity index (χ2n) is 6.23. The van der Waals surface area contributed by atoms with E-state index in [4.69, 9.17) is 4.74 Å². The molecule has 1 aromatic heterocycles. The van der Waals surface area contributed by atoms with Gasteiger partial charge in [0.1, 0.15) is 10.8 Å². The minimum atomic E-state index is 0.497. The Bertz CT molecular complexity index is 682. The lowest BCUT2D eigenvalue weighted by molar-refractivity contribution is 0.268. The van der Waals surface area contributed by atoms with Gasteiger partial charge in [0, 0.05) is 23.2 Å². The standard InChI is InChI=1S/C19H28N4OS/c1-5-20-19(23-12-18-21-10-15(4)25-18)22-11-16-8-6-7-9-17(16)24-13-14(2)3/h6-10,14H,5,11-13H2,1-4H3,(H2,20,22,23).